The van der Waals surface area contributed by atoms with Gasteiger partial charge in [0, 0.05) is 25.3 Å². The standard InChI is InChI=1S/C19H34N2/c1-6-12-20-14-18-10-11-19(16(5)13-18)21(9-4)15-17(7-2)8-3/h10-11,13,17,20H,6-9,12,14-15H2,1-5H3. The van der Waals surface area contributed by atoms with Crippen molar-refractivity contribution in [1.82, 2.24) is 5.32 Å². The zero-order chi connectivity index (χ0) is 15.7. The molecule has 1 aromatic rings. The first kappa shape index (κ1) is 18.0. The van der Waals surface area contributed by atoms with Gasteiger partial charge in [0.25, 0.3) is 0 Å². The van der Waals surface area contributed by atoms with Crippen LogP contribution in [0.25, 0.3) is 0 Å². The van der Waals surface area contributed by atoms with Crippen LogP contribution in [0, 0.1) is 12.8 Å². The molecule has 1 aromatic carbocycles. The number of hydrogen-bond acceptors (Lipinski definition) is 2. The molecule has 1 N–H and O–H groups in total. The second kappa shape index (κ2) is 9.83. The van der Waals surface area contributed by atoms with Crippen molar-refractivity contribution in [2.45, 2.75) is 60.4 Å². The summed E-state index contributed by atoms with van der Waals surface area (Å²) in [6, 6.07) is 6.93. The smallest absolute Gasteiger partial charge is 0.0396 e. The van der Waals surface area contributed by atoms with E-state index in [2.05, 4.69) is 63.0 Å². The molecule has 21 heavy (non-hydrogen) atoms. The number of nitrogens with one attached hydrogen (secondary N) is 1. The van der Waals surface area contributed by atoms with Crippen LogP contribution in [0.15, 0.2) is 18.2 Å². The van der Waals surface area contributed by atoms with Gasteiger partial charge in [-0.15, -0.1) is 0 Å². The number of rotatable bonds is 10. The lowest BCUT2D eigenvalue weighted by Crippen LogP contribution is -2.29. The first-order chi connectivity index (χ1) is 10.2. The van der Waals surface area contributed by atoms with Gasteiger partial charge in [-0.3, -0.25) is 0 Å². The number of benzene rings is 1. The quantitative estimate of drug-likeness (QED) is 0.625. The van der Waals surface area contributed by atoms with E-state index < -0.39 is 0 Å². The Balaban J connectivity index is 2.76. The third-order valence-electron chi connectivity index (χ3n) is 4.37. The van der Waals surface area contributed by atoms with Crippen LogP contribution in [0.2, 0.25) is 0 Å². The van der Waals surface area contributed by atoms with Gasteiger partial charge in [0.1, 0.15) is 0 Å². The molecule has 0 radical (unpaired) electrons. The van der Waals surface area contributed by atoms with Gasteiger partial charge < -0.3 is 10.2 Å². The minimum Gasteiger partial charge on any atom is -0.371 e. The van der Waals surface area contributed by atoms with Gasteiger partial charge in [0.05, 0.1) is 0 Å². The molecule has 0 spiro atoms. The van der Waals surface area contributed by atoms with E-state index in [1.807, 2.05) is 0 Å². The van der Waals surface area contributed by atoms with Crippen molar-refractivity contribution in [3.8, 4) is 0 Å². The number of anilines is 1. The Morgan fingerprint density at radius 3 is 2.33 bits per heavy atom. The maximum Gasteiger partial charge on any atom is 0.0396 e. The summed E-state index contributed by atoms with van der Waals surface area (Å²) in [6.07, 6.45) is 3.73. The highest BCUT2D eigenvalue weighted by molar-refractivity contribution is 5.54. The van der Waals surface area contributed by atoms with E-state index in [0.29, 0.717) is 0 Å². The molecule has 0 amide bonds. The summed E-state index contributed by atoms with van der Waals surface area (Å²) in [6.45, 7) is 15.7. The normalized spacial score (nSPS) is 11.1. The fourth-order valence-corrected chi connectivity index (χ4v) is 2.85. The molecule has 0 unspecified atom stereocenters. The van der Waals surface area contributed by atoms with Gasteiger partial charge >= 0.3 is 0 Å². The van der Waals surface area contributed by atoms with Crippen LogP contribution < -0.4 is 10.2 Å². The van der Waals surface area contributed by atoms with E-state index >= 15 is 0 Å². The van der Waals surface area contributed by atoms with E-state index in [-0.39, 0.29) is 0 Å². The Kier molecular flexibility index (Phi) is 8.44. The van der Waals surface area contributed by atoms with Gasteiger partial charge in [0.15, 0.2) is 0 Å². The molecule has 0 aliphatic heterocycles. The summed E-state index contributed by atoms with van der Waals surface area (Å²) in [7, 11) is 0. The van der Waals surface area contributed by atoms with Crippen molar-refractivity contribution < 1.29 is 0 Å². The molecular weight excluding hydrogens is 256 g/mol. The summed E-state index contributed by atoms with van der Waals surface area (Å²) >= 11 is 0. The van der Waals surface area contributed by atoms with E-state index in [9.17, 15) is 0 Å². The molecule has 0 aromatic heterocycles. The molecule has 0 aliphatic carbocycles. The van der Waals surface area contributed by atoms with E-state index in [1.54, 1.807) is 0 Å². The second-order valence-corrected chi connectivity index (χ2v) is 6.02. The predicted molar refractivity (Wildman–Crippen MR) is 95.1 cm³/mol. The fraction of sp³-hybridized carbons (Fsp3) is 0.684. The first-order valence-corrected chi connectivity index (χ1v) is 8.71. The molecular formula is C19H34N2. The van der Waals surface area contributed by atoms with Crippen molar-refractivity contribution in [2.75, 3.05) is 24.5 Å². The average molecular weight is 290 g/mol. The highest BCUT2D eigenvalue weighted by atomic mass is 15.1. The van der Waals surface area contributed by atoms with E-state index in [0.717, 1.165) is 25.6 Å². The second-order valence-electron chi connectivity index (χ2n) is 6.02. The van der Waals surface area contributed by atoms with Crippen LogP contribution in [0.5, 0.6) is 0 Å². The average Bonchev–Trinajstić information content (AvgIpc) is 2.50. The minimum absolute atomic E-state index is 0.801. The molecule has 120 valence electrons. The first-order valence-electron chi connectivity index (χ1n) is 8.71. The van der Waals surface area contributed by atoms with Gasteiger partial charge in [-0.2, -0.15) is 0 Å². The Hall–Kier alpha value is -1.02. The maximum absolute atomic E-state index is 3.48. The number of aryl methyl sites for hydroxylation is 1. The van der Waals surface area contributed by atoms with Crippen LogP contribution in [-0.2, 0) is 6.54 Å². The Bertz CT molecular complexity index is 397. The summed E-state index contributed by atoms with van der Waals surface area (Å²) in [5, 5.41) is 3.48. The number of nitrogens with zero attached hydrogens (tertiary/aromatic N) is 1. The molecule has 0 fully saturated rings. The fourth-order valence-electron chi connectivity index (χ4n) is 2.85. The van der Waals surface area contributed by atoms with Crippen LogP contribution in [0.4, 0.5) is 5.69 Å². The van der Waals surface area contributed by atoms with Crippen LogP contribution in [-0.4, -0.2) is 19.6 Å². The summed E-state index contributed by atoms with van der Waals surface area (Å²) < 4.78 is 0. The molecule has 0 saturated heterocycles. The zero-order valence-electron chi connectivity index (χ0n) is 14.7. The lowest BCUT2D eigenvalue weighted by atomic mass is 10.0. The monoisotopic (exact) mass is 290 g/mol. The largest absolute Gasteiger partial charge is 0.371 e. The lowest BCUT2D eigenvalue weighted by molar-refractivity contribution is 0.486. The highest BCUT2D eigenvalue weighted by Crippen LogP contribution is 2.23. The van der Waals surface area contributed by atoms with Gasteiger partial charge in [-0.25, -0.2) is 0 Å². The van der Waals surface area contributed by atoms with Crippen molar-refractivity contribution in [3.05, 3.63) is 29.3 Å². The minimum atomic E-state index is 0.801. The third-order valence-corrected chi connectivity index (χ3v) is 4.37. The van der Waals surface area contributed by atoms with Crippen LogP contribution >= 0.6 is 0 Å². The Morgan fingerprint density at radius 1 is 1.10 bits per heavy atom. The molecule has 0 atom stereocenters. The van der Waals surface area contributed by atoms with Crippen molar-refractivity contribution in [1.29, 1.82) is 0 Å². The maximum atomic E-state index is 3.48. The highest BCUT2D eigenvalue weighted by Gasteiger charge is 2.12. The molecule has 0 heterocycles. The molecule has 2 nitrogen and oxygen atoms in total. The van der Waals surface area contributed by atoms with E-state index in [4.69, 9.17) is 0 Å². The van der Waals surface area contributed by atoms with Gasteiger partial charge in [-0.05, 0) is 49.9 Å². The lowest BCUT2D eigenvalue weighted by Gasteiger charge is -2.29. The number of hydrogen-bond donors (Lipinski definition) is 1. The van der Waals surface area contributed by atoms with Crippen molar-refractivity contribution in [2.24, 2.45) is 5.92 Å². The molecule has 0 saturated carbocycles. The molecule has 1 rings (SSSR count). The molecule has 2 heteroatoms. The predicted octanol–water partition coefficient (Wildman–Crippen LogP) is 4.76. The van der Waals surface area contributed by atoms with Crippen molar-refractivity contribution in [3.63, 3.8) is 0 Å². The van der Waals surface area contributed by atoms with Crippen molar-refractivity contribution >= 4 is 5.69 Å². The van der Waals surface area contributed by atoms with Crippen LogP contribution in [0.3, 0.4) is 0 Å². The summed E-state index contributed by atoms with van der Waals surface area (Å²) in [5.74, 6) is 0.801. The summed E-state index contributed by atoms with van der Waals surface area (Å²) in [4.78, 5) is 2.54. The molecule has 0 bridgehead atoms. The Labute approximate surface area is 131 Å². The van der Waals surface area contributed by atoms with Gasteiger partial charge in [-0.1, -0.05) is 45.7 Å². The van der Waals surface area contributed by atoms with Gasteiger partial charge in [0.2, 0.25) is 0 Å². The zero-order valence-corrected chi connectivity index (χ0v) is 14.7. The Morgan fingerprint density at radius 2 is 1.81 bits per heavy atom. The SMILES string of the molecule is CCCNCc1ccc(N(CC)CC(CC)CC)c(C)c1. The third kappa shape index (κ3) is 5.70. The van der Waals surface area contributed by atoms with E-state index in [1.165, 1.54) is 42.6 Å². The van der Waals surface area contributed by atoms with Crippen LogP contribution in [0.1, 0.15) is 58.1 Å². The topological polar surface area (TPSA) is 15.3 Å². The molecule has 0 aliphatic rings. The summed E-state index contributed by atoms with van der Waals surface area (Å²) in [5.41, 5.74) is 4.20.